The van der Waals surface area contributed by atoms with E-state index in [0.29, 0.717) is 27.9 Å². The molecule has 3 aromatic carbocycles. The Kier molecular flexibility index (Phi) is 8.35. The molecule has 0 radical (unpaired) electrons. The number of methoxy groups -OCH3 is 2. The first kappa shape index (κ1) is 25.7. The number of nitrogens with one attached hydrogen (secondary N) is 1. The Bertz CT molecular complexity index is 1260. The van der Waals surface area contributed by atoms with Crippen LogP contribution in [-0.4, -0.2) is 41.3 Å². The average Bonchev–Trinajstić information content (AvgIpc) is 2.84. The molecule has 7 nitrogen and oxygen atoms in total. The van der Waals surface area contributed by atoms with Crippen molar-refractivity contribution in [2.75, 3.05) is 36.6 Å². The molecule has 0 aromatic heterocycles. The van der Waals surface area contributed by atoms with Crippen molar-refractivity contribution in [3.8, 4) is 11.5 Å². The predicted octanol–water partition coefficient (Wildman–Crippen LogP) is 5.22. The lowest BCUT2D eigenvalue weighted by atomic mass is 10.2. The molecule has 0 atom stereocenters. The second kappa shape index (κ2) is 11.0. The zero-order valence-corrected chi connectivity index (χ0v) is 21.6. The van der Waals surface area contributed by atoms with Gasteiger partial charge in [-0.1, -0.05) is 29.3 Å². The number of amides is 1. The summed E-state index contributed by atoms with van der Waals surface area (Å²) in [6, 6.07) is 16.5. The lowest BCUT2D eigenvalue weighted by Crippen LogP contribution is -2.38. The number of hydrogen-bond acceptors (Lipinski definition) is 6. The Morgan fingerprint density at radius 3 is 2.18 bits per heavy atom. The lowest BCUT2D eigenvalue weighted by molar-refractivity contribution is -0.114. The van der Waals surface area contributed by atoms with E-state index in [-0.39, 0.29) is 4.90 Å². The number of halogens is 1. The number of carbonyl (C=O) groups excluding carboxylic acids is 1. The highest BCUT2D eigenvalue weighted by Gasteiger charge is 2.28. The Labute approximate surface area is 209 Å². The number of carbonyl (C=O) groups is 1. The minimum atomic E-state index is -4.03. The molecule has 0 aliphatic carbocycles. The molecule has 3 aromatic rings. The van der Waals surface area contributed by atoms with Gasteiger partial charge in [0.15, 0.2) is 0 Å². The highest BCUT2D eigenvalue weighted by molar-refractivity contribution is 7.98. The predicted molar refractivity (Wildman–Crippen MR) is 137 cm³/mol. The fourth-order valence-corrected chi connectivity index (χ4v) is 5.24. The molecule has 180 valence electrons. The third-order valence-corrected chi connectivity index (χ3v) is 7.83. The molecule has 0 saturated heterocycles. The van der Waals surface area contributed by atoms with Crippen molar-refractivity contribution in [2.24, 2.45) is 0 Å². The van der Waals surface area contributed by atoms with Gasteiger partial charge in [0.05, 0.1) is 35.5 Å². The van der Waals surface area contributed by atoms with E-state index in [1.807, 2.05) is 13.2 Å². The minimum absolute atomic E-state index is 0.0874. The van der Waals surface area contributed by atoms with E-state index in [0.717, 1.165) is 14.8 Å². The summed E-state index contributed by atoms with van der Waals surface area (Å²) < 4.78 is 38.7. The maximum atomic E-state index is 13.6. The first-order chi connectivity index (χ1) is 16.2. The molecular weight excluding hydrogens is 496 g/mol. The SMILES string of the molecule is COc1cc(NC(=O)CN(c2ccc(C)cc2)S(=O)(=O)c2ccc(SC)cc2)c(OC)cc1Cl. The van der Waals surface area contributed by atoms with Crippen molar-refractivity contribution in [3.05, 3.63) is 71.2 Å². The quantitative estimate of drug-likeness (QED) is 0.389. The van der Waals surface area contributed by atoms with Crippen LogP contribution in [-0.2, 0) is 14.8 Å². The molecular formula is C24H25ClN2O5S2. The molecule has 0 fully saturated rings. The standard InChI is InChI=1S/C24H25ClN2O5S2/c1-16-5-7-17(8-6-16)27(34(29,30)19-11-9-18(33-4)10-12-19)15-24(28)26-21-14-22(31-2)20(25)13-23(21)32-3/h5-14H,15H2,1-4H3,(H,26,28). The van der Waals surface area contributed by atoms with Crippen LogP contribution in [0, 0.1) is 6.92 Å². The van der Waals surface area contributed by atoms with E-state index in [2.05, 4.69) is 5.32 Å². The topological polar surface area (TPSA) is 84.9 Å². The molecule has 0 unspecified atom stereocenters. The summed E-state index contributed by atoms with van der Waals surface area (Å²) in [5.41, 5.74) is 1.64. The average molecular weight is 521 g/mol. The number of aryl methyl sites for hydroxylation is 1. The van der Waals surface area contributed by atoms with Crippen molar-refractivity contribution in [1.82, 2.24) is 0 Å². The van der Waals surface area contributed by atoms with Crippen LogP contribution in [0.15, 0.2) is 70.5 Å². The second-order valence-electron chi connectivity index (χ2n) is 7.26. The number of anilines is 2. The Morgan fingerprint density at radius 1 is 1.00 bits per heavy atom. The van der Waals surface area contributed by atoms with Gasteiger partial charge in [0.25, 0.3) is 10.0 Å². The number of hydrogen-bond donors (Lipinski definition) is 1. The molecule has 10 heteroatoms. The first-order valence-corrected chi connectivity index (χ1v) is 13.2. The van der Waals surface area contributed by atoms with E-state index in [1.165, 1.54) is 50.2 Å². The number of thioether (sulfide) groups is 1. The molecule has 1 N–H and O–H groups in total. The summed E-state index contributed by atoms with van der Waals surface area (Å²) in [7, 11) is -1.14. The smallest absolute Gasteiger partial charge is 0.264 e. The van der Waals surface area contributed by atoms with E-state index >= 15 is 0 Å². The summed E-state index contributed by atoms with van der Waals surface area (Å²) in [4.78, 5) is 14.1. The van der Waals surface area contributed by atoms with Crippen LogP contribution in [0.5, 0.6) is 11.5 Å². The molecule has 0 saturated carbocycles. The normalized spacial score (nSPS) is 11.1. The van der Waals surface area contributed by atoms with Crippen LogP contribution >= 0.6 is 23.4 Å². The van der Waals surface area contributed by atoms with Gasteiger partial charge in [0.1, 0.15) is 18.0 Å². The summed E-state index contributed by atoms with van der Waals surface area (Å²) in [5, 5.41) is 3.02. The van der Waals surface area contributed by atoms with Crippen molar-refractivity contribution < 1.29 is 22.7 Å². The number of benzene rings is 3. The maximum Gasteiger partial charge on any atom is 0.264 e. The van der Waals surface area contributed by atoms with Gasteiger partial charge in [-0.25, -0.2) is 8.42 Å². The van der Waals surface area contributed by atoms with Crippen LogP contribution in [0.2, 0.25) is 5.02 Å². The second-order valence-corrected chi connectivity index (χ2v) is 10.4. The van der Waals surface area contributed by atoms with Gasteiger partial charge in [0, 0.05) is 17.0 Å². The van der Waals surface area contributed by atoms with Gasteiger partial charge in [-0.3, -0.25) is 9.10 Å². The summed E-state index contributed by atoms with van der Waals surface area (Å²) in [5.74, 6) is 0.0961. The van der Waals surface area contributed by atoms with Crippen LogP contribution in [0.4, 0.5) is 11.4 Å². The van der Waals surface area contributed by atoms with E-state index < -0.39 is 22.5 Å². The number of ether oxygens (including phenoxy) is 2. The third-order valence-electron chi connectivity index (χ3n) is 5.00. The summed E-state index contributed by atoms with van der Waals surface area (Å²) in [6.45, 7) is 1.44. The van der Waals surface area contributed by atoms with Crippen LogP contribution in [0.1, 0.15) is 5.56 Å². The van der Waals surface area contributed by atoms with Crippen LogP contribution in [0.3, 0.4) is 0 Å². The van der Waals surface area contributed by atoms with Crippen LogP contribution in [0.25, 0.3) is 0 Å². The molecule has 0 heterocycles. The minimum Gasteiger partial charge on any atom is -0.495 e. The van der Waals surface area contributed by atoms with Gasteiger partial charge < -0.3 is 14.8 Å². The lowest BCUT2D eigenvalue weighted by Gasteiger charge is -2.24. The monoisotopic (exact) mass is 520 g/mol. The number of rotatable bonds is 9. The maximum absolute atomic E-state index is 13.6. The van der Waals surface area contributed by atoms with Gasteiger partial charge in [-0.05, 0) is 49.6 Å². The molecule has 0 aliphatic heterocycles. The molecule has 0 aliphatic rings. The van der Waals surface area contributed by atoms with Crippen molar-refractivity contribution >= 4 is 50.7 Å². The van der Waals surface area contributed by atoms with E-state index in [9.17, 15) is 13.2 Å². The molecule has 0 bridgehead atoms. The van der Waals surface area contributed by atoms with Gasteiger partial charge in [0.2, 0.25) is 5.91 Å². The van der Waals surface area contributed by atoms with Crippen molar-refractivity contribution in [3.63, 3.8) is 0 Å². The summed E-state index contributed by atoms with van der Waals surface area (Å²) in [6.07, 6.45) is 1.91. The fourth-order valence-electron chi connectivity index (χ4n) is 3.18. The van der Waals surface area contributed by atoms with Gasteiger partial charge in [-0.2, -0.15) is 0 Å². The van der Waals surface area contributed by atoms with Crippen molar-refractivity contribution in [1.29, 1.82) is 0 Å². The fraction of sp³-hybridized carbons (Fsp3) is 0.208. The zero-order chi connectivity index (χ0) is 24.9. The van der Waals surface area contributed by atoms with Gasteiger partial charge in [-0.15, -0.1) is 11.8 Å². The molecule has 3 rings (SSSR count). The van der Waals surface area contributed by atoms with E-state index in [4.69, 9.17) is 21.1 Å². The van der Waals surface area contributed by atoms with E-state index in [1.54, 1.807) is 36.4 Å². The largest absolute Gasteiger partial charge is 0.495 e. The van der Waals surface area contributed by atoms with Gasteiger partial charge >= 0.3 is 0 Å². The Morgan fingerprint density at radius 2 is 1.62 bits per heavy atom. The molecule has 34 heavy (non-hydrogen) atoms. The summed E-state index contributed by atoms with van der Waals surface area (Å²) >= 11 is 7.65. The highest BCUT2D eigenvalue weighted by Crippen LogP contribution is 2.36. The first-order valence-electron chi connectivity index (χ1n) is 10.1. The Balaban J connectivity index is 1.96. The molecule has 1 amide bonds. The Hall–Kier alpha value is -2.88. The van der Waals surface area contributed by atoms with Crippen LogP contribution < -0.4 is 19.1 Å². The zero-order valence-electron chi connectivity index (χ0n) is 19.2. The highest BCUT2D eigenvalue weighted by atomic mass is 35.5. The number of sulfonamides is 1. The number of nitrogens with zero attached hydrogens (tertiary/aromatic N) is 1. The van der Waals surface area contributed by atoms with Crippen molar-refractivity contribution in [2.45, 2.75) is 16.7 Å². The molecule has 0 spiro atoms. The third kappa shape index (κ3) is 5.78.